The van der Waals surface area contributed by atoms with Crippen LogP contribution in [0.3, 0.4) is 0 Å². The van der Waals surface area contributed by atoms with Gasteiger partial charge in [-0.3, -0.25) is 0 Å². The van der Waals surface area contributed by atoms with Gasteiger partial charge >= 0.3 is 0 Å². The van der Waals surface area contributed by atoms with Crippen molar-refractivity contribution in [2.45, 2.75) is 46.5 Å². The average Bonchev–Trinajstić information content (AvgIpc) is 2.67. The Morgan fingerprint density at radius 1 is 1.19 bits per heavy atom. The van der Waals surface area contributed by atoms with Crippen molar-refractivity contribution < 1.29 is 0 Å². The highest BCUT2D eigenvalue weighted by atomic mass is 14.4. The smallest absolute Gasteiger partial charge is 0.0102 e. The highest BCUT2D eigenvalue weighted by molar-refractivity contribution is 5.36. The fourth-order valence-corrected chi connectivity index (χ4v) is 3.37. The Balaban J connectivity index is 2.33. The molecule has 16 heavy (non-hydrogen) atoms. The second-order valence-corrected chi connectivity index (χ2v) is 5.72. The lowest BCUT2D eigenvalue weighted by molar-refractivity contribution is 0.267. The second kappa shape index (κ2) is 4.61. The van der Waals surface area contributed by atoms with Crippen molar-refractivity contribution >= 4 is 0 Å². The van der Waals surface area contributed by atoms with Crippen LogP contribution in [0.5, 0.6) is 0 Å². The van der Waals surface area contributed by atoms with E-state index in [9.17, 15) is 0 Å². The van der Waals surface area contributed by atoms with Gasteiger partial charge in [-0.25, -0.2) is 0 Å². The lowest BCUT2D eigenvalue weighted by atomic mass is 9.76. The first-order valence-electron chi connectivity index (χ1n) is 6.73. The summed E-state index contributed by atoms with van der Waals surface area (Å²) in [5, 5.41) is 0. The first-order chi connectivity index (χ1) is 7.65. The highest BCUT2D eigenvalue weighted by Crippen LogP contribution is 2.46. The molecule has 0 amide bonds. The Bertz CT molecular complexity index is 351. The van der Waals surface area contributed by atoms with Gasteiger partial charge < -0.3 is 0 Å². The fraction of sp³-hybridized carbons (Fsp3) is 0.625. The largest absolute Gasteiger partial charge is 0.0651 e. The molecule has 0 spiro atoms. The molecule has 0 saturated carbocycles. The van der Waals surface area contributed by atoms with Crippen molar-refractivity contribution in [1.29, 1.82) is 0 Å². The fourth-order valence-electron chi connectivity index (χ4n) is 3.37. The maximum absolute atomic E-state index is 2.42. The third-order valence-electron chi connectivity index (χ3n) is 4.42. The van der Waals surface area contributed by atoms with Crippen LogP contribution in [-0.4, -0.2) is 0 Å². The SMILES string of the molecule is CCC(C)C1Cc2ccccc2C1C(C)C. The van der Waals surface area contributed by atoms with Gasteiger partial charge in [0, 0.05) is 0 Å². The zero-order valence-electron chi connectivity index (χ0n) is 11.0. The van der Waals surface area contributed by atoms with E-state index in [1.165, 1.54) is 12.8 Å². The maximum atomic E-state index is 2.42. The molecule has 1 aliphatic carbocycles. The molecule has 0 nitrogen and oxygen atoms in total. The summed E-state index contributed by atoms with van der Waals surface area (Å²) in [6, 6.07) is 9.07. The first-order valence-corrected chi connectivity index (χ1v) is 6.73. The predicted molar refractivity (Wildman–Crippen MR) is 70.7 cm³/mol. The molecular weight excluding hydrogens is 192 g/mol. The predicted octanol–water partition coefficient (Wildman–Crippen LogP) is 4.64. The Kier molecular flexibility index (Phi) is 3.37. The molecule has 0 aromatic heterocycles. The Morgan fingerprint density at radius 3 is 2.50 bits per heavy atom. The monoisotopic (exact) mass is 216 g/mol. The molecule has 88 valence electrons. The summed E-state index contributed by atoms with van der Waals surface area (Å²) in [6.07, 6.45) is 2.61. The lowest BCUT2D eigenvalue weighted by Crippen LogP contribution is -2.20. The van der Waals surface area contributed by atoms with E-state index in [-0.39, 0.29) is 0 Å². The zero-order valence-corrected chi connectivity index (χ0v) is 11.0. The minimum atomic E-state index is 0.766. The second-order valence-electron chi connectivity index (χ2n) is 5.72. The zero-order chi connectivity index (χ0) is 11.7. The van der Waals surface area contributed by atoms with Crippen molar-refractivity contribution in [1.82, 2.24) is 0 Å². The maximum Gasteiger partial charge on any atom is -0.0102 e. The summed E-state index contributed by atoms with van der Waals surface area (Å²) in [6.45, 7) is 9.50. The minimum Gasteiger partial charge on any atom is -0.0651 e. The normalized spacial score (nSPS) is 25.8. The van der Waals surface area contributed by atoms with Crippen molar-refractivity contribution in [2.24, 2.45) is 17.8 Å². The number of rotatable bonds is 3. The molecule has 0 N–H and O–H groups in total. The van der Waals surface area contributed by atoms with Crippen LogP contribution >= 0.6 is 0 Å². The van der Waals surface area contributed by atoms with E-state index in [4.69, 9.17) is 0 Å². The lowest BCUT2D eigenvalue weighted by Gasteiger charge is -2.28. The van der Waals surface area contributed by atoms with E-state index >= 15 is 0 Å². The molecule has 0 fully saturated rings. The number of hydrogen-bond acceptors (Lipinski definition) is 0. The van der Waals surface area contributed by atoms with Crippen LogP contribution in [0.2, 0.25) is 0 Å². The number of fused-ring (bicyclic) bond motifs is 1. The van der Waals surface area contributed by atoms with E-state index in [1.807, 2.05) is 0 Å². The molecule has 1 aliphatic rings. The van der Waals surface area contributed by atoms with Crippen molar-refractivity contribution in [2.75, 3.05) is 0 Å². The molecule has 3 atom stereocenters. The highest BCUT2D eigenvalue weighted by Gasteiger charge is 2.36. The molecule has 0 aliphatic heterocycles. The molecule has 0 bridgehead atoms. The summed E-state index contributed by atoms with van der Waals surface area (Å²) in [5.74, 6) is 3.26. The van der Waals surface area contributed by atoms with Gasteiger partial charge in [-0.2, -0.15) is 0 Å². The molecule has 3 unspecified atom stereocenters. The Morgan fingerprint density at radius 2 is 1.88 bits per heavy atom. The summed E-state index contributed by atoms with van der Waals surface area (Å²) in [5.41, 5.74) is 3.23. The van der Waals surface area contributed by atoms with Crippen molar-refractivity contribution in [3.8, 4) is 0 Å². The van der Waals surface area contributed by atoms with E-state index in [0.717, 1.165) is 23.7 Å². The Labute approximate surface area is 100 Å². The van der Waals surface area contributed by atoms with Gasteiger partial charge in [-0.1, -0.05) is 58.4 Å². The van der Waals surface area contributed by atoms with E-state index in [1.54, 1.807) is 11.1 Å². The molecule has 0 heteroatoms. The van der Waals surface area contributed by atoms with E-state index in [2.05, 4.69) is 52.0 Å². The van der Waals surface area contributed by atoms with Crippen LogP contribution in [0, 0.1) is 17.8 Å². The minimum absolute atomic E-state index is 0.766. The van der Waals surface area contributed by atoms with Crippen LogP contribution in [0.4, 0.5) is 0 Å². The summed E-state index contributed by atoms with van der Waals surface area (Å²) < 4.78 is 0. The average molecular weight is 216 g/mol. The van der Waals surface area contributed by atoms with Gasteiger partial charge in [-0.15, -0.1) is 0 Å². The number of hydrogen-bond donors (Lipinski definition) is 0. The molecule has 2 rings (SSSR count). The van der Waals surface area contributed by atoms with Crippen molar-refractivity contribution in [3.63, 3.8) is 0 Å². The van der Waals surface area contributed by atoms with E-state index < -0.39 is 0 Å². The van der Waals surface area contributed by atoms with Crippen LogP contribution in [0.15, 0.2) is 24.3 Å². The molecule has 0 heterocycles. The molecule has 0 saturated heterocycles. The molecule has 1 aromatic carbocycles. The van der Waals surface area contributed by atoms with Crippen LogP contribution in [0.25, 0.3) is 0 Å². The quantitative estimate of drug-likeness (QED) is 0.690. The third-order valence-corrected chi connectivity index (χ3v) is 4.42. The van der Waals surface area contributed by atoms with Crippen LogP contribution < -0.4 is 0 Å². The van der Waals surface area contributed by atoms with Gasteiger partial charge in [-0.05, 0) is 41.2 Å². The summed E-state index contributed by atoms with van der Waals surface area (Å²) in [4.78, 5) is 0. The summed E-state index contributed by atoms with van der Waals surface area (Å²) >= 11 is 0. The molecule has 1 aromatic rings. The van der Waals surface area contributed by atoms with Gasteiger partial charge in [0.15, 0.2) is 0 Å². The van der Waals surface area contributed by atoms with Gasteiger partial charge in [0.1, 0.15) is 0 Å². The molecular formula is C16H24. The standard InChI is InChI=1S/C16H24/c1-5-12(4)15-10-13-8-6-7-9-14(13)16(15)11(2)3/h6-9,11-12,15-16H,5,10H2,1-4H3. The summed E-state index contributed by atoms with van der Waals surface area (Å²) in [7, 11) is 0. The van der Waals surface area contributed by atoms with Crippen LogP contribution in [-0.2, 0) is 6.42 Å². The third kappa shape index (κ3) is 1.90. The van der Waals surface area contributed by atoms with Crippen molar-refractivity contribution in [3.05, 3.63) is 35.4 Å². The van der Waals surface area contributed by atoms with Gasteiger partial charge in [0.25, 0.3) is 0 Å². The van der Waals surface area contributed by atoms with E-state index in [0.29, 0.717) is 0 Å². The van der Waals surface area contributed by atoms with Gasteiger partial charge in [0.2, 0.25) is 0 Å². The van der Waals surface area contributed by atoms with Gasteiger partial charge in [0.05, 0.1) is 0 Å². The number of benzene rings is 1. The molecule has 0 radical (unpaired) electrons. The van der Waals surface area contributed by atoms with Crippen LogP contribution in [0.1, 0.15) is 51.2 Å². The topological polar surface area (TPSA) is 0 Å². The first kappa shape index (κ1) is 11.7. The Hall–Kier alpha value is -0.780.